The summed E-state index contributed by atoms with van der Waals surface area (Å²) in [5, 5.41) is 3.25. The fourth-order valence-electron chi connectivity index (χ4n) is 3.14. The molecule has 2 fully saturated rings. The molecule has 4 nitrogen and oxygen atoms in total. The van der Waals surface area contributed by atoms with E-state index in [0.29, 0.717) is 13.0 Å². The van der Waals surface area contributed by atoms with Crippen molar-refractivity contribution < 1.29 is 17.9 Å². The largest absolute Gasteiger partial charge is 0.389 e. The molecule has 1 atom stereocenters. The maximum absolute atomic E-state index is 12.1. The maximum atomic E-state index is 12.1. The maximum Gasteiger partial charge on any atom is 0.389 e. The van der Waals surface area contributed by atoms with E-state index >= 15 is 0 Å². The Labute approximate surface area is 153 Å². The van der Waals surface area contributed by atoms with Gasteiger partial charge in [-0.1, -0.05) is 0 Å². The second-order valence-electron chi connectivity index (χ2n) is 6.28. The molecule has 0 aliphatic carbocycles. The van der Waals surface area contributed by atoms with E-state index in [4.69, 9.17) is 4.74 Å². The topological polar surface area (TPSA) is 36.9 Å². The molecule has 136 valence electrons. The summed E-state index contributed by atoms with van der Waals surface area (Å²) in [4.78, 5) is 6.72. The van der Waals surface area contributed by atoms with E-state index in [-0.39, 0.29) is 35.8 Å². The zero-order valence-electron chi connectivity index (χ0n) is 13.6. The van der Waals surface area contributed by atoms with Gasteiger partial charge in [-0.25, -0.2) is 0 Å². The molecule has 8 heteroatoms. The molecule has 1 spiro atoms. The first-order valence-corrected chi connectivity index (χ1v) is 8.12. The smallest absolute Gasteiger partial charge is 0.381 e. The number of nitrogens with zero attached hydrogens (tertiary/aromatic N) is 2. The van der Waals surface area contributed by atoms with Crippen LogP contribution in [-0.4, -0.2) is 56.4 Å². The number of rotatable bonds is 5. The van der Waals surface area contributed by atoms with Gasteiger partial charge in [-0.05, 0) is 32.6 Å². The van der Waals surface area contributed by atoms with Crippen molar-refractivity contribution in [3.05, 3.63) is 0 Å². The number of hydrogen-bond acceptors (Lipinski definition) is 2. The lowest BCUT2D eigenvalue weighted by Gasteiger charge is -2.25. The van der Waals surface area contributed by atoms with Crippen molar-refractivity contribution >= 4 is 29.9 Å². The third-order valence-corrected chi connectivity index (χ3v) is 4.39. The minimum absolute atomic E-state index is 0. The van der Waals surface area contributed by atoms with Crippen LogP contribution in [0.3, 0.4) is 0 Å². The highest BCUT2D eigenvalue weighted by molar-refractivity contribution is 14.0. The Kier molecular flexibility index (Phi) is 8.40. The van der Waals surface area contributed by atoms with Crippen molar-refractivity contribution in [1.29, 1.82) is 0 Å². The SMILES string of the molecule is CCNC(=NCCCCC(F)(F)F)N1CCC2(CCOC2)C1.I. The molecular weight excluding hydrogens is 422 g/mol. The molecule has 0 aromatic heterocycles. The van der Waals surface area contributed by atoms with E-state index in [9.17, 15) is 13.2 Å². The highest BCUT2D eigenvalue weighted by atomic mass is 127. The van der Waals surface area contributed by atoms with Crippen LogP contribution in [0.2, 0.25) is 0 Å². The molecule has 2 aliphatic heterocycles. The molecule has 2 saturated heterocycles. The van der Waals surface area contributed by atoms with Crippen molar-refractivity contribution in [2.24, 2.45) is 10.4 Å². The van der Waals surface area contributed by atoms with Gasteiger partial charge in [-0.2, -0.15) is 13.2 Å². The van der Waals surface area contributed by atoms with Crippen LogP contribution in [0, 0.1) is 5.41 Å². The third kappa shape index (κ3) is 6.64. The Morgan fingerprint density at radius 3 is 2.70 bits per heavy atom. The molecule has 2 aliphatic rings. The molecule has 0 aromatic rings. The number of nitrogens with one attached hydrogen (secondary N) is 1. The van der Waals surface area contributed by atoms with Crippen LogP contribution >= 0.6 is 24.0 Å². The quantitative estimate of drug-likeness (QED) is 0.303. The molecule has 0 radical (unpaired) electrons. The van der Waals surface area contributed by atoms with Crippen molar-refractivity contribution in [1.82, 2.24) is 10.2 Å². The molecular formula is C15H27F3IN3O. The molecule has 2 heterocycles. The first-order valence-electron chi connectivity index (χ1n) is 8.12. The Morgan fingerprint density at radius 2 is 2.09 bits per heavy atom. The zero-order valence-corrected chi connectivity index (χ0v) is 16.0. The van der Waals surface area contributed by atoms with E-state index < -0.39 is 12.6 Å². The highest BCUT2D eigenvalue weighted by Crippen LogP contribution is 2.38. The Balaban J connectivity index is 0.00000264. The standard InChI is InChI=1S/C15H26F3N3O.HI/c1-2-19-13(20-8-4-3-5-15(16,17)18)21-9-6-14(11-21)7-10-22-12-14;/h2-12H2,1H3,(H,19,20);1H. The van der Waals surface area contributed by atoms with Crippen LogP contribution in [0.5, 0.6) is 0 Å². The predicted octanol–water partition coefficient (Wildman–Crippen LogP) is 3.41. The number of alkyl halides is 3. The van der Waals surface area contributed by atoms with Gasteiger partial charge in [-0.3, -0.25) is 4.99 Å². The Hall–Kier alpha value is -0.250. The summed E-state index contributed by atoms with van der Waals surface area (Å²) in [5.41, 5.74) is 0.256. The molecule has 0 amide bonds. The van der Waals surface area contributed by atoms with Crippen LogP contribution in [0.4, 0.5) is 13.2 Å². The summed E-state index contributed by atoms with van der Waals surface area (Å²) in [6.07, 6.45) is -1.97. The van der Waals surface area contributed by atoms with Gasteiger partial charge in [0.15, 0.2) is 5.96 Å². The van der Waals surface area contributed by atoms with Gasteiger partial charge in [-0.15, -0.1) is 24.0 Å². The summed E-state index contributed by atoms with van der Waals surface area (Å²) in [6, 6.07) is 0. The Morgan fingerprint density at radius 1 is 1.30 bits per heavy atom. The van der Waals surface area contributed by atoms with Gasteiger partial charge in [0, 0.05) is 44.6 Å². The zero-order chi connectivity index (χ0) is 16.1. The van der Waals surface area contributed by atoms with Crippen LogP contribution in [-0.2, 0) is 4.74 Å². The monoisotopic (exact) mass is 449 g/mol. The number of hydrogen-bond donors (Lipinski definition) is 1. The van der Waals surface area contributed by atoms with E-state index in [1.807, 2.05) is 6.92 Å². The number of guanidine groups is 1. The summed E-state index contributed by atoms with van der Waals surface area (Å²) in [6.45, 7) is 6.73. The van der Waals surface area contributed by atoms with Crippen LogP contribution in [0.1, 0.15) is 39.0 Å². The average Bonchev–Trinajstić information content (AvgIpc) is 3.07. The van der Waals surface area contributed by atoms with E-state index in [0.717, 1.165) is 51.6 Å². The average molecular weight is 449 g/mol. The van der Waals surface area contributed by atoms with Crippen molar-refractivity contribution in [3.63, 3.8) is 0 Å². The molecule has 1 N–H and O–H groups in total. The second kappa shape index (κ2) is 9.29. The number of likely N-dealkylation sites (tertiary alicyclic amines) is 1. The molecule has 2 rings (SSSR count). The number of halogens is 4. The molecule has 0 bridgehead atoms. The fourth-order valence-corrected chi connectivity index (χ4v) is 3.14. The highest BCUT2D eigenvalue weighted by Gasteiger charge is 2.42. The summed E-state index contributed by atoms with van der Waals surface area (Å²) < 4.78 is 41.8. The first-order chi connectivity index (χ1) is 10.4. The van der Waals surface area contributed by atoms with Crippen LogP contribution in [0.25, 0.3) is 0 Å². The van der Waals surface area contributed by atoms with Gasteiger partial charge < -0.3 is 15.0 Å². The molecule has 0 aromatic carbocycles. The van der Waals surface area contributed by atoms with Gasteiger partial charge in [0.05, 0.1) is 6.61 Å². The summed E-state index contributed by atoms with van der Waals surface area (Å²) >= 11 is 0. The third-order valence-electron chi connectivity index (χ3n) is 4.39. The van der Waals surface area contributed by atoms with E-state index in [2.05, 4.69) is 15.2 Å². The molecule has 23 heavy (non-hydrogen) atoms. The minimum Gasteiger partial charge on any atom is -0.381 e. The predicted molar refractivity (Wildman–Crippen MR) is 95.4 cm³/mol. The molecule has 1 unspecified atom stereocenters. The molecule has 0 saturated carbocycles. The van der Waals surface area contributed by atoms with Crippen molar-refractivity contribution in [2.75, 3.05) is 39.4 Å². The Bertz CT molecular complexity index is 385. The first kappa shape index (κ1) is 20.8. The number of aliphatic imine (C=N–C) groups is 1. The number of ether oxygens (including phenoxy) is 1. The second-order valence-corrected chi connectivity index (χ2v) is 6.28. The van der Waals surface area contributed by atoms with Crippen LogP contribution < -0.4 is 5.32 Å². The van der Waals surface area contributed by atoms with Gasteiger partial charge >= 0.3 is 6.18 Å². The summed E-state index contributed by atoms with van der Waals surface area (Å²) in [7, 11) is 0. The minimum atomic E-state index is -4.06. The van der Waals surface area contributed by atoms with E-state index in [1.54, 1.807) is 0 Å². The van der Waals surface area contributed by atoms with E-state index in [1.165, 1.54) is 0 Å². The van der Waals surface area contributed by atoms with Crippen LogP contribution in [0.15, 0.2) is 4.99 Å². The van der Waals surface area contributed by atoms with Crippen molar-refractivity contribution in [3.8, 4) is 0 Å². The van der Waals surface area contributed by atoms with Gasteiger partial charge in [0.1, 0.15) is 0 Å². The van der Waals surface area contributed by atoms with Gasteiger partial charge in [0.2, 0.25) is 0 Å². The lowest BCUT2D eigenvalue weighted by atomic mass is 9.87. The normalized spacial score (nSPS) is 25.0. The summed E-state index contributed by atoms with van der Waals surface area (Å²) in [5.74, 6) is 0.832. The lowest BCUT2D eigenvalue weighted by molar-refractivity contribution is -0.135. The number of unbranched alkanes of at least 4 members (excludes halogenated alkanes) is 1. The van der Waals surface area contributed by atoms with Gasteiger partial charge in [0.25, 0.3) is 0 Å². The lowest BCUT2D eigenvalue weighted by Crippen LogP contribution is -2.41. The van der Waals surface area contributed by atoms with Crippen molar-refractivity contribution in [2.45, 2.75) is 45.2 Å². The fraction of sp³-hybridized carbons (Fsp3) is 0.933.